The maximum atomic E-state index is 3.92. The summed E-state index contributed by atoms with van der Waals surface area (Å²) in [5.74, 6) is 0. The van der Waals surface area contributed by atoms with E-state index in [2.05, 4.69) is 59.6 Å². The van der Waals surface area contributed by atoms with Gasteiger partial charge >= 0.3 is 0 Å². The number of fused-ring (bicyclic) bond motifs is 2. The van der Waals surface area contributed by atoms with E-state index in [1.807, 2.05) is 0 Å². The van der Waals surface area contributed by atoms with Crippen molar-refractivity contribution in [3.8, 4) is 0 Å². The summed E-state index contributed by atoms with van der Waals surface area (Å²) < 4.78 is 0. The van der Waals surface area contributed by atoms with E-state index in [9.17, 15) is 0 Å². The molecule has 0 spiro atoms. The highest BCUT2D eigenvalue weighted by molar-refractivity contribution is 5.86. The van der Waals surface area contributed by atoms with Crippen LogP contribution in [-0.2, 0) is 0 Å². The highest BCUT2D eigenvalue weighted by Gasteiger charge is 2.37. The molecule has 2 nitrogen and oxygen atoms in total. The first-order valence-corrected chi connectivity index (χ1v) is 8.31. The molecule has 3 unspecified atom stereocenters. The molecule has 3 atom stereocenters. The lowest BCUT2D eigenvalue weighted by atomic mass is 9.98. The van der Waals surface area contributed by atoms with Gasteiger partial charge in [0.25, 0.3) is 0 Å². The lowest BCUT2D eigenvalue weighted by Gasteiger charge is -2.26. The lowest BCUT2D eigenvalue weighted by molar-refractivity contribution is 0.291. The second-order valence-electron chi connectivity index (χ2n) is 6.60. The molecule has 2 fully saturated rings. The third kappa shape index (κ3) is 2.37. The summed E-state index contributed by atoms with van der Waals surface area (Å²) in [5.41, 5.74) is 1.43. The van der Waals surface area contributed by atoms with Crippen LogP contribution < -0.4 is 5.32 Å². The third-order valence-corrected chi connectivity index (χ3v) is 5.36. The Balaban J connectivity index is 1.58. The van der Waals surface area contributed by atoms with Crippen molar-refractivity contribution in [1.29, 1.82) is 0 Å². The molecule has 21 heavy (non-hydrogen) atoms. The van der Waals surface area contributed by atoms with Gasteiger partial charge in [-0.25, -0.2) is 0 Å². The van der Waals surface area contributed by atoms with E-state index >= 15 is 0 Å². The molecule has 2 saturated heterocycles. The van der Waals surface area contributed by atoms with Gasteiger partial charge in [0.1, 0.15) is 0 Å². The fourth-order valence-corrected chi connectivity index (χ4v) is 4.32. The molecule has 0 bridgehead atoms. The van der Waals surface area contributed by atoms with Crippen LogP contribution in [0.1, 0.15) is 37.8 Å². The smallest absolute Gasteiger partial charge is 0.0301 e. The van der Waals surface area contributed by atoms with Crippen LogP contribution in [0.5, 0.6) is 0 Å². The molecule has 0 saturated carbocycles. The van der Waals surface area contributed by atoms with Crippen molar-refractivity contribution in [3.05, 3.63) is 48.0 Å². The van der Waals surface area contributed by atoms with Crippen molar-refractivity contribution in [1.82, 2.24) is 10.2 Å². The summed E-state index contributed by atoms with van der Waals surface area (Å²) >= 11 is 0. The van der Waals surface area contributed by atoms with E-state index in [4.69, 9.17) is 0 Å². The first-order chi connectivity index (χ1) is 10.3. The summed E-state index contributed by atoms with van der Waals surface area (Å²) in [6, 6.07) is 17.3. The van der Waals surface area contributed by atoms with Crippen LogP contribution in [0, 0.1) is 0 Å². The Hall–Kier alpha value is -1.38. The van der Waals surface area contributed by atoms with Gasteiger partial charge in [-0.05, 0) is 49.1 Å². The van der Waals surface area contributed by atoms with Crippen LogP contribution in [0.3, 0.4) is 0 Å². The summed E-state index contributed by atoms with van der Waals surface area (Å²) in [7, 11) is 0. The second kappa shape index (κ2) is 5.43. The van der Waals surface area contributed by atoms with E-state index in [1.54, 1.807) is 0 Å². The van der Waals surface area contributed by atoms with Crippen molar-refractivity contribution in [3.63, 3.8) is 0 Å². The molecule has 2 aromatic carbocycles. The number of benzene rings is 2. The number of hydrogen-bond donors (Lipinski definition) is 1. The molecular weight excluding hydrogens is 256 g/mol. The Morgan fingerprint density at radius 3 is 2.86 bits per heavy atom. The zero-order valence-corrected chi connectivity index (χ0v) is 12.8. The maximum Gasteiger partial charge on any atom is 0.0301 e. The maximum absolute atomic E-state index is 3.92. The summed E-state index contributed by atoms with van der Waals surface area (Å²) in [6.45, 7) is 4.91. The molecule has 2 aliphatic rings. The van der Waals surface area contributed by atoms with Crippen LogP contribution in [0.4, 0.5) is 0 Å². The summed E-state index contributed by atoms with van der Waals surface area (Å²) in [5, 5.41) is 6.65. The van der Waals surface area contributed by atoms with E-state index in [0.717, 1.165) is 6.04 Å². The molecule has 0 radical (unpaired) electrons. The molecule has 1 N–H and O–H groups in total. The molecule has 0 aromatic heterocycles. The highest BCUT2D eigenvalue weighted by atomic mass is 15.2. The van der Waals surface area contributed by atoms with Crippen LogP contribution in [0.15, 0.2) is 42.5 Å². The van der Waals surface area contributed by atoms with Gasteiger partial charge in [-0.15, -0.1) is 0 Å². The van der Waals surface area contributed by atoms with Crippen LogP contribution in [-0.4, -0.2) is 30.1 Å². The fraction of sp³-hybridized carbons (Fsp3) is 0.474. The first-order valence-electron chi connectivity index (χ1n) is 8.31. The standard InChI is InChI=1S/C19H24N2/c1-14(20-18-11-13-21-12-5-10-19(18)21)16-9-4-7-15-6-2-3-8-17(15)16/h2-4,6-9,14,18-20H,5,10-13H2,1H3. The van der Waals surface area contributed by atoms with E-state index in [0.29, 0.717) is 12.1 Å². The van der Waals surface area contributed by atoms with E-state index in [1.165, 1.54) is 48.7 Å². The number of hydrogen-bond acceptors (Lipinski definition) is 2. The van der Waals surface area contributed by atoms with Crippen molar-refractivity contribution in [2.24, 2.45) is 0 Å². The SMILES string of the molecule is CC(NC1CCN2CCCC12)c1cccc2ccccc12. The molecule has 0 amide bonds. The van der Waals surface area contributed by atoms with Gasteiger partial charge in [0.2, 0.25) is 0 Å². The van der Waals surface area contributed by atoms with Crippen molar-refractivity contribution in [2.75, 3.05) is 13.1 Å². The molecule has 0 aliphatic carbocycles. The van der Waals surface area contributed by atoms with Crippen molar-refractivity contribution in [2.45, 2.75) is 44.3 Å². The third-order valence-electron chi connectivity index (χ3n) is 5.36. The normalized spacial score (nSPS) is 27.1. The summed E-state index contributed by atoms with van der Waals surface area (Å²) in [6.07, 6.45) is 4.06. The Kier molecular flexibility index (Phi) is 3.44. The van der Waals surface area contributed by atoms with Gasteiger partial charge in [-0.3, -0.25) is 4.90 Å². The number of nitrogens with zero attached hydrogens (tertiary/aromatic N) is 1. The van der Waals surface area contributed by atoms with Crippen LogP contribution in [0.2, 0.25) is 0 Å². The van der Waals surface area contributed by atoms with Gasteiger partial charge in [-0.1, -0.05) is 42.5 Å². The largest absolute Gasteiger partial charge is 0.306 e. The minimum atomic E-state index is 0.418. The van der Waals surface area contributed by atoms with E-state index in [-0.39, 0.29) is 0 Å². The molecule has 4 rings (SSSR count). The van der Waals surface area contributed by atoms with E-state index < -0.39 is 0 Å². The zero-order valence-electron chi connectivity index (χ0n) is 12.8. The van der Waals surface area contributed by atoms with Gasteiger partial charge in [-0.2, -0.15) is 0 Å². The molecular formula is C19H24N2. The Labute approximate surface area is 127 Å². The lowest BCUT2D eigenvalue weighted by Crippen LogP contribution is -2.40. The van der Waals surface area contributed by atoms with Gasteiger partial charge in [0.15, 0.2) is 0 Å². The molecule has 2 aromatic rings. The minimum Gasteiger partial charge on any atom is -0.306 e. The highest BCUT2D eigenvalue weighted by Crippen LogP contribution is 2.31. The minimum absolute atomic E-state index is 0.418. The molecule has 2 heteroatoms. The fourth-order valence-electron chi connectivity index (χ4n) is 4.32. The van der Waals surface area contributed by atoms with Crippen molar-refractivity contribution >= 4 is 10.8 Å². The first kappa shape index (κ1) is 13.3. The zero-order chi connectivity index (χ0) is 14.2. The Bertz CT molecular complexity index is 631. The van der Waals surface area contributed by atoms with Gasteiger partial charge < -0.3 is 5.32 Å². The Morgan fingerprint density at radius 2 is 1.90 bits per heavy atom. The number of nitrogens with one attached hydrogen (secondary N) is 1. The molecule has 110 valence electrons. The average Bonchev–Trinajstić information content (AvgIpc) is 3.12. The monoisotopic (exact) mass is 280 g/mol. The number of rotatable bonds is 3. The van der Waals surface area contributed by atoms with Gasteiger partial charge in [0, 0.05) is 24.7 Å². The Morgan fingerprint density at radius 1 is 1.05 bits per heavy atom. The topological polar surface area (TPSA) is 15.3 Å². The quantitative estimate of drug-likeness (QED) is 0.921. The predicted molar refractivity (Wildman–Crippen MR) is 88.5 cm³/mol. The van der Waals surface area contributed by atoms with Crippen LogP contribution in [0.25, 0.3) is 10.8 Å². The summed E-state index contributed by atoms with van der Waals surface area (Å²) in [4.78, 5) is 2.67. The molecule has 2 heterocycles. The van der Waals surface area contributed by atoms with Crippen LogP contribution >= 0.6 is 0 Å². The average molecular weight is 280 g/mol. The van der Waals surface area contributed by atoms with Crippen molar-refractivity contribution < 1.29 is 0 Å². The molecule has 2 aliphatic heterocycles. The van der Waals surface area contributed by atoms with Gasteiger partial charge in [0.05, 0.1) is 0 Å². The second-order valence-corrected chi connectivity index (χ2v) is 6.60. The predicted octanol–water partition coefficient (Wildman–Crippen LogP) is 3.73.